The van der Waals surface area contributed by atoms with Crippen LogP contribution < -0.4 is 5.32 Å². The number of amides is 1. The molecule has 0 saturated heterocycles. The van der Waals surface area contributed by atoms with Gasteiger partial charge in [-0.05, 0) is 64.5 Å². The van der Waals surface area contributed by atoms with Crippen LogP contribution in [0, 0.1) is 17.5 Å². The molecule has 4 rings (SSSR count). The van der Waals surface area contributed by atoms with Gasteiger partial charge in [-0.15, -0.1) is 5.10 Å². The largest absolute Gasteiger partial charge is 0.322 e. The number of thioether (sulfide) groups is 1. The topological polar surface area (TPSA) is 72.7 Å². The molecule has 31 heavy (non-hydrogen) atoms. The predicted octanol–water partition coefficient (Wildman–Crippen LogP) is 4.62. The van der Waals surface area contributed by atoms with Crippen molar-refractivity contribution in [2.24, 2.45) is 0 Å². The van der Waals surface area contributed by atoms with Gasteiger partial charge in [0, 0.05) is 23.1 Å². The maximum absolute atomic E-state index is 13.3. The summed E-state index contributed by atoms with van der Waals surface area (Å²) in [6.07, 6.45) is 0. The van der Waals surface area contributed by atoms with E-state index in [2.05, 4.69) is 20.8 Å². The minimum absolute atomic E-state index is 0.146. The summed E-state index contributed by atoms with van der Waals surface area (Å²) in [5.74, 6) is -2.25. The molecule has 1 amide bonds. The van der Waals surface area contributed by atoms with Crippen LogP contribution in [0.4, 0.5) is 18.9 Å². The first-order valence-corrected chi connectivity index (χ1v) is 10.0. The van der Waals surface area contributed by atoms with Crippen molar-refractivity contribution in [3.05, 3.63) is 95.3 Å². The Balaban J connectivity index is 1.44. The van der Waals surface area contributed by atoms with Crippen LogP contribution in [0.5, 0.6) is 0 Å². The summed E-state index contributed by atoms with van der Waals surface area (Å²) < 4.78 is 40.9. The highest BCUT2D eigenvalue weighted by molar-refractivity contribution is 7.98. The van der Waals surface area contributed by atoms with Gasteiger partial charge in [0.2, 0.25) is 5.16 Å². The van der Waals surface area contributed by atoms with Crippen molar-refractivity contribution in [2.45, 2.75) is 10.9 Å². The second kappa shape index (κ2) is 9.00. The van der Waals surface area contributed by atoms with Gasteiger partial charge in [0.15, 0.2) is 11.6 Å². The van der Waals surface area contributed by atoms with E-state index in [0.717, 1.165) is 17.7 Å². The maximum Gasteiger partial charge on any atom is 0.255 e. The summed E-state index contributed by atoms with van der Waals surface area (Å²) >= 11 is 1.38. The lowest BCUT2D eigenvalue weighted by atomic mass is 10.2. The summed E-state index contributed by atoms with van der Waals surface area (Å²) in [6, 6.07) is 15.8. The lowest BCUT2D eigenvalue weighted by Crippen LogP contribution is -2.12. The van der Waals surface area contributed by atoms with Gasteiger partial charge in [-0.1, -0.05) is 23.9 Å². The molecule has 0 fully saturated rings. The van der Waals surface area contributed by atoms with Crippen molar-refractivity contribution >= 4 is 23.4 Å². The molecule has 4 aromatic rings. The molecular weight excluding hydrogens is 427 g/mol. The maximum atomic E-state index is 13.3. The average Bonchev–Trinajstić information content (AvgIpc) is 3.25. The molecule has 0 aliphatic carbocycles. The zero-order valence-corrected chi connectivity index (χ0v) is 16.6. The summed E-state index contributed by atoms with van der Waals surface area (Å²) in [5, 5.41) is 14.7. The summed E-state index contributed by atoms with van der Waals surface area (Å²) in [5.41, 5.74) is 2.02. The minimum atomic E-state index is -1.04. The molecule has 156 valence electrons. The number of tetrazole rings is 1. The number of benzene rings is 3. The molecule has 0 aliphatic rings. The van der Waals surface area contributed by atoms with Gasteiger partial charge in [0.1, 0.15) is 5.82 Å². The van der Waals surface area contributed by atoms with Crippen LogP contribution in [0.3, 0.4) is 0 Å². The van der Waals surface area contributed by atoms with Crippen molar-refractivity contribution in [1.82, 2.24) is 20.2 Å². The van der Waals surface area contributed by atoms with Gasteiger partial charge in [-0.25, -0.2) is 13.2 Å². The monoisotopic (exact) mass is 441 g/mol. The summed E-state index contributed by atoms with van der Waals surface area (Å²) in [7, 11) is 0. The molecule has 0 spiro atoms. The van der Waals surface area contributed by atoms with Gasteiger partial charge in [0.05, 0.1) is 5.69 Å². The van der Waals surface area contributed by atoms with Crippen LogP contribution >= 0.6 is 11.8 Å². The SMILES string of the molecule is O=C(Nc1ccc(F)c(F)c1)c1ccc(-n2nnnc2SCc2ccc(F)cc2)cc1. The van der Waals surface area contributed by atoms with E-state index >= 15 is 0 Å². The van der Waals surface area contributed by atoms with Gasteiger partial charge in [-0.3, -0.25) is 4.79 Å². The number of halogens is 3. The quantitative estimate of drug-likeness (QED) is 0.442. The van der Waals surface area contributed by atoms with E-state index in [1.54, 1.807) is 36.4 Å². The number of carbonyl (C=O) groups excluding carboxylic acids is 1. The van der Waals surface area contributed by atoms with Gasteiger partial charge >= 0.3 is 0 Å². The zero-order valence-electron chi connectivity index (χ0n) is 15.8. The number of nitrogens with one attached hydrogen (secondary N) is 1. The summed E-state index contributed by atoms with van der Waals surface area (Å²) in [6.45, 7) is 0. The van der Waals surface area contributed by atoms with Crippen LogP contribution in [0.25, 0.3) is 5.69 Å². The van der Waals surface area contributed by atoms with E-state index in [1.165, 1.54) is 34.6 Å². The molecule has 1 N–H and O–H groups in total. The average molecular weight is 441 g/mol. The van der Waals surface area contributed by atoms with Crippen molar-refractivity contribution in [2.75, 3.05) is 5.32 Å². The number of carbonyl (C=O) groups is 1. The molecule has 0 unspecified atom stereocenters. The van der Waals surface area contributed by atoms with Crippen molar-refractivity contribution in [1.29, 1.82) is 0 Å². The Morgan fingerprint density at radius 1 is 0.935 bits per heavy atom. The Bertz CT molecular complexity index is 1210. The highest BCUT2D eigenvalue weighted by Gasteiger charge is 2.12. The van der Waals surface area contributed by atoms with Gasteiger partial charge < -0.3 is 5.32 Å². The molecule has 0 radical (unpaired) electrons. The molecule has 10 heteroatoms. The molecule has 1 heterocycles. The van der Waals surface area contributed by atoms with E-state index in [0.29, 0.717) is 22.2 Å². The van der Waals surface area contributed by atoms with E-state index in [1.807, 2.05) is 0 Å². The Kier molecular flexibility index (Phi) is 5.99. The standard InChI is InChI=1S/C21H14F3N5OS/c22-15-5-1-13(2-6-15)12-31-21-26-27-28-29(21)17-8-3-14(4-9-17)20(30)25-16-7-10-18(23)19(24)11-16/h1-11H,12H2,(H,25,30). The Labute approximate surface area is 179 Å². The highest BCUT2D eigenvalue weighted by atomic mass is 32.2. The number of anilines is 1. The fraction of sp³-hybridized carbons (Fsp3) is 0.0476. The normalized spacial score (nSPS) is 10.8. The number of aromatic nitrogens is 4. The minimum Gasteiger partial charge on any atom is -0.322 e. The Morgan fingerprint density at radius 3 is 2.39 bits per heavy atom. The molecular formula is C21H14F3N5OS. The third kappa shape index (κ3) is 4.92. The van der Waals surface area contributed by atoms with Crippen LogP contribution in [0.2, 0.25) is 0 Å². The van der Waals surface area contributed by atoms with Crippen molar-refractivity contribution in [3.8, 4) is 5.69 Å². The van der Waals surface area contributed by atoms with Crippen LogP contribution in [0.1, 0.15) is 15.9 Å². The highest BCUT2D eigenvalue weighted by Crippen LogP contribution is 2.23. The number of rotatable bonds is 6. The van der Waals surface area contributed by atoms with Gasteiger partial charge in [0.25, 0.3) is 5.91 Å². The van der Waals surface area contributed by atoms with Crippen molar-refractivity contribution in [3.63, 3.8) is 0 Å². The van der Waals surface area contributed by atoms with Crippen LogP contribution in [-0.4, -0.2) is 26.1 Å². The first kappa shape index (κ1) is 20.6. The number of nitrogens with zero attached hydrogens (tertiary/aromatic N) is 4. The first-order valence-electron chi connectivity index (χ1n) is 9.02. The third-order valence-electron chi connectivity index (χ3n) is 4.27. The van der Waals surface area contributed by atoms with Crippen molar-refractivity contribution < 1.29 is 18.0 Å². The fourth-order valence-corrected chi connectivity index (χ4v) is 3.54. The molecule has 0 bridgehead atoms. The molecule has 3 aromatic carbocycles. The number of hydrogen-bond donors (Lipinski definition) is 1. The number of hydrogen-bond acceptors (Lipinski definition) is 5. The molecule has 0 atom stereocenters. The molecule has 6 nitrogen and oxygen atoms in total. The molecule has 0 saturated carbocycles. The lowest BCUT2D eigenvalue weighted by molar-refractivity contribution is 0.102. The summed E-state index contributed by atoms with van der Waals surface area (Å²) in [4.78, 5) is 12.4. The molecule has 0 aliphatic heterocycles. The Hall–Kier alpha value is -3.66. The predicted molar refractivity (Wildman–Crippen MR) is 109 cm³/mol. The van der Waals surface area contributed by atoms with Crippen LogP contribution in [-0.2, 0) is 5.75 Å². The van der Waals surface area contributed by atoms with E-state index < -0.39 is 17.5 Å². The van der Waals surface area contributed by atoms with E-state index in [4.69, 9.17) is 0 Å². The smallest absolute Gasteiger partial charge is 0.255 e. The molecule has 1 aromatic heterocycles. The van der Waals surface area contributed by atoms with E-state index in [9.17, 15) is 18.0 Å². The fourth-order valence-electron chi connectivity index (χ4n) is 2.69. The second-order valence-electron chi connectivity index (χ2n) is 6.42. The Morgan fingerprint density at radius 2 is 1.68 bits per heavy atom. The van der Waals surface area contributed by atoms with Crippen LogP contribution in [0.15, 0.2) is 71.9 Å². The van der Waals surface area contributed by atoms with Gasteiger partial charge in [-0.2, -0.15) is 4.68 Å². The van der Waals surface area contributed by atoms with E-state index in [-0.39, 0.29) is 11.5 Å². The first-order chi connectivity index (χ1) is 15.0. The lowest BCUT2D eigenvalue weighted by Gasteiger charge is -2.08. The second-order valence-corrected chi connectivity index (χ2v) is 7.36. The third-order valence-corrected chi connectivity index (χ3v) is 5.26. The zero-order chi connectivity index (χ0) is 21.8.